The molecule has 1 spiro atoms. The number of carbonyl (C=O) groups excluding carboxylic acids is 2. The molecule has 3 amide bonds. The van der Waals surface area contributed by atoms with Crippen molar-refractivity contribution < 1.29 is 14.3 Å². The number of nitrogens with zero attached hydrogens (tertiary/aromatic N) is 4. The third-order valence-corrected chi connectivity index (χ3v) is 5.59. The lowest BCUT2D eigenvalue weighted by Crippen LogP contribution is -2.56. The molecule has 0 saturated carbocycles. The first-order chi connectivity index (χ1) is 14.5. The number of likely N-dealkylation sites (tertiary alicyclic amines) is 1. The molecule has 9 nitrogen and oxygen atoms in total. The van der Waals surface area contributed by atoms with Crippen molar-refractivity contribution in [1.82, 2.24) is 30.1 Å². The van der Waals surface area contributed by atoms with E-state index >= 15 is 0 Å². The van der Waals surface area contributed by atoms with Gasteiger partial charge in [0.1, 0.15) is 11.4 Å². The molecule has 1 atom stereocenters. The van der Waals surface area contributed by atoms with Crippen molar-refractivity contribution in [2.45, 2.75) is 57.5 Å². The fourth-order valence-corrected chi connectivity index (χ4v) is 4.08. The van der Waals surface area contributed by atoms with Crippen LogP contribution in [0.1, 0.15) is 38.2 Å². The number of piperidine rings is 1. The summed E-state index contributed by atoms with van der Waals surface area (Å²) in [4.78, 5) is 35.8. The molecule has 2 N–H and O–H groups in total. The summed E-state index contributed by atoms with van der Waals surface area (Å²) in [6.45, 7) is 5.76. The van der Waals surface area contributed by atoms with E-state index in [1.165, 1.54) is 0 Å². The van der Waals surface area contributed by atoms with E-state index in [1.807, 2.05) is 42.8 Å². The van der Waals surface area contributed by atoms with Crippen LogP contribution in [0.4, 0.5) is 4.79 Å². The van der Waals surface area contributed by atoms with E-state index in [0.29, 0.717) is 39.0 Å². The van der Waals surface area contributed by atoms with Crippen molar-refractivity contribution in [3.63, 3.8) is 0 Å². The second kappa shape index (κ2) is 8.43. The van der Waals surface area contributed by atoms with Gasteiger partial charge in [0.25, 0.3) is 5.91 Å². The molecule has 2 aliphatic heterocycles. The highest BCUT2D eigenvalue weighted by Gasteiger charge is 2.47. The van der Waals surface area contributed by atoms with Crippen LogP contribution in [0.5, 0.6) is 0 Å². The molecule has 0 aliphatic carbocycles. The third-order valence-electron chi connectivity index (χ3n) is 5.59. The molecule has 160 valence electrons. The quantitative estimate of drug-likeness (QED) is 0.791. The van der Waals surface area contributed by atoms with Gasteiger partial charge in [-0.3, -0.25) is 9.78 Å². The van der Waals surface area contributed by atoms with Crippen molar-refractivity contribution in [2.75, 3.05) is 13.1 Å². The first-order valence-corrected chi connectivity index (χ1v) is 10.4. The molecular weight excluding hydrogens is 384 g/mol. The number of ether oxygens (including phenoxy) is 1. The molecule has 2 aromatic heterocycles. The molecular formula is C21H28N6O3. The Balaban J connectivity index is 1.44. The summed E-state index contributed by atoms with van der Waals surface area (Å²) in [5.74, 6) is 0.666. The molecule has 2 aliphatic rings. The summed E-state index contributed by atoms with van der Waals surface area (Å²) in [6.07, 6.45) is 5.91. The number of nitrogens with one attached hydrogen (secondary N) is 2. The Hall–Kier alpha value is -2.94. The molecule has 30 heavy (non-hydrogen) atoms. The molecule has 0 aromatic carbocycles. The van der Waals surface area contributed by atoms with E-state index in [9.17, 15) is 9.59 Å². The fourth-order valence-electron chi connectivity index (χ4n) is 4.08. The highest BCUT2D eigenvalue weighted by Crippen LogP contribution is 2.40. The van der Waals surface area contributed by atoms with Gasteiger partial charge in [-0.2, -0.15) is 0 Å². The highest BCUT2D eigenvalue weighted by atomic mass is 16.5. The number of hydrogen-bond donors (Lipinski definition) is 2. The SMILES string of the molecule is CC(C)NC(=O)N1CCC2(CC1)OC(C(=O)NCc1ccccn1)Cn1ccnc12. The predicted molar refractivity (Wildman–Crippen MR) is 109 cm³/mol. The van der Waals surface area contributed by atoms with Crippen molar-refractivity contribution >= 4 is 11.9 Å². The summed E-state index contributed by atoms with van der Waals surface area (Å²) in [5, 5.41) is 5.86. The van der Waals surface area contributed by atoms with E-state index in [0.717, 1.165) is 11.5 Å². The number of fused-ring (bicyclic) bond motifs is 2. The molecule has 2 aromatic rings. The van der Waals surface area contributed by atoms with Gasteiger partial charge in [-0.25, -0.2) is 9.78 Å². The van der Waals surface area contributed by atoms with Crippen LogP contribution in [0.25, 0.3) is 0 Å². The number of rotatable bonds is 4. The van der Waals surface area contributed by atoms with Crippen LogP contribution >= 0.6 is 0 Å². The largest absolute Gasteiger partial charge is 0.352 e. The minimum absolute atomic E-state index is 0.0661. The summed E-state index contributed by atoms with van der Waals surface area (Å²) >= 11 is 0. The van der Waals surface area contributed by atoms with E-state index in [4.69, 9.17) is 4.74 Å². The Morgan fingerprint density at radius 3 is 2.73 bits per heavy atom. The minimum Gasteiger partial charge on any atom is -0.352 e. The smallest absolute Gasteiger partial charge is 0.317 e. The molecule has 4 rings (SSSR count). The molecule has 9 heteroatoms. The number of amides is 3. The second-order valence-corrected chi connectivity index (χ2v) is 8.13. The number of aromatic nitrogens is 3. The van der Waals surface area contributed by atoms with Crippen LogP contribution in [-0.4, -0.2) is 56.6 Å². The Labute approximate surface area is 175 Å². The summed E-state index contributed by atoms with van der Waals surface area (Å²) in [5.41, 5.74) is 0.132. The summed E-state index contributed by atoms with van der Waals surface area (Å²) in [6, 6.07) is 5.62. The molecule has 1 saturated heterocycles. The molecule has 1 unspecified atom stereocenters. The Kier molecular flexibility index (Phi) is 5.72. The Morgan fingerprint density at radius 2 is 2.03 bits per heavy atom. The zero-order valence-corrected chi connectivity index (χ0v) is 17.4. The second-order valence-electron chi connectivity index (χ2n) is 8.13. The van der Waals surface area contributed by atoms with Gasteiger partial charge in [0.05, 0.1) is 18.8 Å². The maximum Gasteiger partial charge on any atom is 0.317 e. The maximum atomic E-state index is 12.9. The predicted octanol–water partition coefficient (Wildman–Crippen LogP) is 1.40. The third kappa shape index (κ3) is 4.16. The van der Waals surface area contributed by atoms with Gasteiger partial charge >= 0.3 is 6.03 Å². The first kappa shape index (κ1) is 20.3. The van der Waals surface area contributed by atoms with Crippen molar-refractivity contribution in [1.29, 1.82) is 0 Å². The maximum absolute atomic E-state index is 12.9. The van der Waals surface area contributed by atoms with E-state index < -0.39 is 11.7 Å². The highest BCUT2D eigenvalue weighted by molar-refractivity contribution is 5.81. The van der Waals surface area contributed by atoms with Gasteiger partial charge in [-0.1, -0.05) is 6.07 Å². The summed E-state index contributed by atoms with van der Waals surface area (Å²) < 4.78 is 8.38. The number of urea groups is 1. The zero-order valence-electron chi connectivity index (χ0n) is 17.4. The molecule has 4 heterocycles. The van der Waals surface area contributed by atoms with Crippen LogP contribution in [-0.2, 0) is 28.2 Å². The van der Waals surface area contributed by atoms with E-state index in [-0.39, 0.29) is 18.0 Å². The van der Waals surface area contributed by atoms with Gasteiger partial charge < -0.3 is 24.8 Å². The zero-order chi connectivity index (χ0) is 21.1. The van der Waals surface area contributed by atoms with Crippen LogP contribution in [0, 0.1) is 0 Å². The monoisotopic (exact) mass is 412 g/mol. The average Bonchev–Trinajstić information content (AvgIpc) is 3.22. The Morgan fingerprint density at radius 1 is 1.23 bits per heavy atom. The van der Waals surface area contributed by atoms with E-state index in [2.05, 4.69) is 20.6 Å². The van der Waals surface area contributed by atoms with Gasteiger partial charge in [-0.15, -0.1) is 0 Å². The number of imidazole rings is 1. The van der Waals surface area contributed by atoms with Crippen LogP contribution < -0.4 is 10.6 Å². The lowest BCUT2D eigenvalue weighted by atomic mass is 9.88. The van der Waals surface area contributed by atoms with Crippen LogP contribution in [0.2, 0.25) is 0 Å². The van der Waals surface area contributed by atoms with Crippen LogP contribution in [0.3, 0.4) is 0 Å². The van der Waals surface area contributed by atoms with Crippen molar-refractivity contribution in [3.8, 4) is 0 Å². The molecule has 1 fully saturated rings. The number of hydrogen-bond acceptors (Lipinski definition) is 5. The van der Waals surface area contributed by atoms with Gasteiger partial charge in [-0.05, 0) is 26.0 Å². The van der Waals surface area contributed by atoms with Crippen molar-refractivity contribution in [3.05, 3.63) is 48.3 Å². The number of pyridine rings is 1. The lowest BCUT2D eigenvalue weighted by Gasteiger charge is -2.45. The molecule has 0 radical (unpaired) electrons. The van der Waals surface area contributed by atoms with Gasteiger partial charge in [0.15, 0.2) is 6.10 Å². The van der Waals surface area contributed by atoms with Gasteiger partial charge in [0.2, 0.25) is 0 Å². The standard InChI is InChI=1S/C21H28N6O3/c1-15(2)25-20(29)26-10-6-21(7-11-26)19-23-9-12-27(19)14-17(30-21)18(28)24-13-16-5-3-4-8-22-16/h3-5,8-9,12,15,17H,6-7,10-11,13-14H2,1-2H3,(H,24,28)(H,25,29). The number of carbonyl (C=O) groups is 2. The minimum atomic E-state index is -0.663. The van der Waals surface area contributed by atoms with Crippen LogP contribution in [0.15, 0.2) is 36.8 Å². The van der Waals surface area contributed by atoms with E-state index in [1.54, 1.807) is 17.3 Å². The lowest BCUT2D eigenvalue weighted by molar-refractivity contribution is -0.172. The van der Waals surface area contributed by atoms with Crippen molar-refractivity contribution in [2.24, 2.45) is 0 Å². The Bertz CT molecular complexity index is 889. The topological polar surface area (TPSA) is 101 Å². The first-order valence-electron chi connectivity index (χ1n) is 10.4. The average molecular weight is 412 g/mol. The van der Waals surface area contributed by atoms with Gasteiger partial charge in [0, 0.05) is 50.6 Å². The fraction of sp³-hybridized carbons (Fsp3) is 0.524. The normalized spacial score (nSPS) is 20.1. The molecule has 0 bridgehead atoms. The summed E-state index contributed by atoms with van der Waals surface area (Å²) in [7, 11) is 0.